The van der Waals surface area contributed by atoms with Crippen LogP contribution in [0.3, 0.4) is 0 Å². The quantitative estimate of drug-likeness (QED) is 0.290. The molecule has 1 unspecified atom stereocenters. The van der Waals surface area contributed by atoms with Crippen LogP contribution in [0.25, 0.3) is 0 Å². The van der Waals surface area contributed by atoms with Crippen LogP contribution < -0.4 is 11.1 Å². The molecule has 104 valence electrons. The highest BCUT2D eigenvalue weighted by molar-refractivity contribution is 6.01. The largest absolute Gasteiger partial charge is 0.409 e. The van der Waals surface area contributed by atoms with Gasteiger partial charge in [0, 0.05) is 6.54 Å². The van der Waals surface area contributed by atoms with Crippen molar-refractivity contribution in [2.75, 3.05) is 26.7 Å². The van der Waals surface area contributed by atoms with Crippen LogP contribution in [-0.4, -0.2) is 48.5 Å². The molecule has 1 fully saturated rings. The zero-order valence-electron chi connectivity index (χ0n) is 11.4. The lowest BCUT2D eigenvalue weighted by Gasteiger charge is -2.38. The number of hydrogen-bond acceptors (Lipinski definition) is 4. The summed E-state index contributed by atoms with van der Waals surface area (Å²) in [4.78, 5) is 14.1. The van der Waals surface area contributed by atoms with Gasteiger partial charge in [-0.1, -0.05) is 12.1 Å². The van der Waals surface area contributed by atoms with Gasteiger partial charge in [0.05, 0.1) is 5.92 Å². The van der Waals surface area contributed by atoms with E-state index in [0.29, 0.717) is 6.54 Å². The predicted octanol–water partition coefficient (Wildman–Crippen LogP) is 0.217. The number of piperidine rings is 1. The van der Waals surface area contributed by atoms with Crippen molar-refractivity contribution in [3.8, 4) is 0 Å². The average Bonchev–Trinajstić information content (AvgIpc) is 2.38. The summed E-state index contributed by atoms with van der Waals surface area (Å²) in [6, 6.07) is 0. The Morgan fingerprint density at radius 3 is 2.61 bits per heavy atom. The highest BCUT2D eigenvalue weighted by Crippen LogP contribution is 2.29. The van der Waals surface area contributed by atoms with Crippen molar-refractivity contribution in [2.45, 2.75) is 26.7 Å². The fourth-order valence-electron chi connectivity index (χ4n) is 2.01. The summed E-state index contributed by atoms with van der Waals surface area (Å²) in [6.45, 7) is 6.57. The molecular weight excluding hydrogens is 232 g/mol. The van der Waals surface area contributed by atoms with E-state index in [0.717, 1.165) is 25.9 Å². The molecule has 0 bridgehead atoms. The van der Waals surface area contributed by atoms with Gasteiger partial charge >= 0.3 is 0 Å². The maximum Gasteiger partial charge on any atom is 0.230 e. The lowest BCUT2D eigenvalue weighted by atomic mass is 9.80. The second kappa shape index (κ2) is 6.04. The van der Waals surface area contributed by atoms with Crippen molar-refractivity contribution < 1.29 is 10.0 Å². The maximum absolute atomic E-state index is 11.8. The molecule has 0 aromatic heterocycles. The summed E-state index contributed by atoms with van der Waals surface area (Å²) in [5.74, 6) is -0.837. The monoisotopic (exact) mass is 256 g/mol. The fraction of sp³-hybridized carbons (Fsp3) is 0.833. The lowest BCUT2D eigenvalue weighted by molar-refractivity contribution is -0.123. The van der Waals surface area contributed by atoms with Crippen LogP contribution in [0, 0.1) is 11.3 Å². The topological polar surface area (TPSA) is 91.0 Å². The van der Waals surface area contributed by atoms with E-state index in [1.807, 2.05) is 0 Å². The number of amides is 1. The molecule has 1 atom stereocenters. The normalized spacial score (nSPS) is 22.5. The SMILES string of the molecule is CC(C(=O)NCC1(C)CCN(C)CC1)C(N)=NO. The smallest absolute Gasteiger partial charge is 0.230 e. The van der Waals surface area contributed by atoms with Gasteiger partial charge in [0.2, 0.25) is 5.91 Å². The number of likely N-dealkylation sites (tertiary alicyclic amines) is 1. The standard InChI is InChI=1S/C12H24N4O2/c1-9(10(13)15-18)11(17)14-8-12(2)4-6-16(3)7-5-12/h9,18H,4-8H2,1-3H3,(H2,13,15)(H,14,17). The number of nitrogens with zero attached hydrogens (tertiary/aromatic N) is 2. The molecule has 0 aromatic carbocycles. The highest BCUT2D eigenvalue weighted by atomic mass is 16.4. The number of carbonyl (C=O) groups excluding carboxylic acids is 1. The van der Waals surface area contributed by atoms with Crippen molar-refractivity contribution in [2.24, 2.45) is 22.2 Å². The Morgan fingerprint density at radius 1 is 1.56 bits per heavy atom. The molecule has 1 rings (SSSR count). The molecular formula is C12H24N4O2. The fourth-order valence-corrected chi connectivity index (χ4v) is 2.01. The van der Waals surface area contributed by atoms with E-state index in [4.69, 9.17) is 10.9 Å². The van der Waals surface area contributed by atoms with Crippen molar-refractivity contribution in [3.05, 3.63) is 0 Å². The van der Waals surface area contributed by atoms with Crippen molar-refractivity contribution >= 4 is 11.7 Å². The Kier molecular flexibility index (Phi) is 4.95. The van der Waals surface area contributed by atoms with Crippen LogP contribution in [0.2, 0.25) is 0 Å². The zero-order valence-corrected chi connectivity index (χ0v) is 11.4. The average molecular weight is 256 g/mol. The third-order valence-electron chi connectivity index (χ3n) is 3.84. The van der Waals surface area contributed by atoms with Gasteiger partial charge in [0.1, 0.15) is 0 Å². The Morgan fingerprint density at radius 2 is 2.11 bits per heavy atom. The van der Waals surface area contributed by atoms with E-state index in [1.54, 1.807) is 6.92 Å². The van der Waals surface area contributed by atoms with Crippen LogP contribution in [-0.2, 0) is 4.79 Å². The van der Waals surface area contributed by atoms with E-state index in [1.165, 1.54) is 0 Å². The van der Waals surface area contributed by atoms with E-state index < -0.39 is 5.92 Å². The number of nitrogens with one attached hydrogen (secondary N) is 1. The molecule has 1 saturated heterocycles. The number of carbonyl (C=O) groups is 1. The van der Waals surface area contributed by atoms with Crippen LogP contribution in [0.1, 0.15) is 26.7 Å². The minimum atomic E-state index is -0.593. The molecule has 0 radical (unpaired) electrons. The first-order valence-electron chi connectivity index (χ1n) is 6.31. The third-order valence-corrected chi connectivity index (χ3v) is 3.84. The van der Waals surface area contributed by atoms with Gasteiger partial charge in [-0.2, -0.15) is 0 Å². The zero-order chi connectivity index (χ0) is 13.8. The summed E-state index contributed by atoms with van der Waals surface area (Å²) in [7, 11) is 2.11. The molecule has 0 spiro atoms. The van der Waals surface area contributed by atoms with Crippen LogP contribution in [0.5, 0.6) is 0 Å². The van der Waals surface area contributed by atoms with E-state index in [-0.39, 0.29) is 17.2 Å². The van der Waals surface area contributed by atoms with Crippen molar-refractivity contribution in [1.82, 2.24) is 10.2 Å². The predicted molar refractivity (Wildman–Crippen MR) is 70.4 cm³/mol. The minimum Gasteiger partial charge on any atom is -0.409 e. The van der Waals surface area contributed by atoms with Crippen molar-refractivity contribution in [1.29, 1.82) is 0 Å². The first kappa shape index (κ1) is 14.8. The van der Waals surface area contributed by atoms with Gasteiger partial charge in [-0.25, -0.2) is 0 Å². The second-order valence-corrected chi connectivity index (χ2v) is 5.58. The molecule has 1 aliphatic heterocycles. The van der Waals surface area contributed by atoms with Gasteiger partial charge < -0.3 is 21.2 Å². The third kappa shape index (κ3) is 3.87. The van der Waals surface area contributed by atoms with Gasteiger partial charge in [0.15, 0.2) is 5.84 Å². The second-order valence-electron chi connectivity index (χ2n) is 5.58. The lowest BCUT2D eigenvalue weighted by Crippen LogP contribution is -2.46. The number of hydrogen-bond donors (Lipinski definition) is 3. The highest BCUT2D eigenvalue weighted by Gasteiger charge is 2.30. The van der Waals surface area contributed by atoms with E-state index in [2.05, 4.69) is 29.3 Å². The number of rotatable bonds is 4. The summed E-state index contributed by atoms with van der Waals surface area (Å²) in [6.07, 6.45) is 2.14. The summed E-state index contributed by atoms with van der Waals surface area (Å²) < 4.78 is 0. The Hall–Kier alpha value is -1.30. The minimum absolute atomic E-state index is 0.0546. The van der Waals surface area contributed by atoms with Gasteiger partial charge in [0.25, 0.3) is 0 Å². The first-order valence-corrected chi connectivity index (χ1v) is 6.31. The molecule has 6 heteroatoms. The number of oxime groups is 1. The van der Waals surface area contributed by atoms with Crippen LogP contribution in [0.15, 0.2) is 5.16 Å². The molecule has 4 N–H and O–H groups in total. The molecule has 0 saturated carbocycles. The van der Waals surface area contributed by atoms with E-state index >= 15 is 0 Å². The Labute approximate surface area is 108 Å². The number of amidine groups is 1. The molecule has 1 amide bonds. The van der Waals surface area contributed by atoms with E-state index in [9.17, 15) is 4.79 Å². The van der Waals surface area contributed by atoms with Crippen molar-refractivity contribution in [3.63, 3.8) is 0 Å². The molecule has 0 aliphatic carbocycles. The Balaban J connectivity index is 2.43. The summed E-state index contributed by atoms with van der Waals surface area (Å²) in [5.41, 5.74) is 5.56. The maximum atomic E-state index is 11.8. The van der Waals surface area contributed by atoms with Gasteiger partial charge in [-0.3, -0.25) is 4.79 Å². The first-order chi connectivity index (χ1) is 8.38. The Bertz CT molecular complexity index is 322. The van der Waals surface area contributed by atoms with Crippen LogP contribution >= 0.6 is 0 Å². The van der Waals surface area contributed by atoms with Crippen LogP contribution in [0.4, 0.5) is 0 Å². The molecule has 0 aromatic rings. The number of nitrogens with two attached hydrogens (primary N) is 1. The molecule has 18 heavy (non-hydrogen) atoms. The van der Waals surface area contributed by atoms with Gasteiger partial charge in [-0.15, -0.1) is 0 Å². The summed E-state index contributed by atoms with van der Waals surface area (Å²) in [5, 5.41) is 14.3. The van der Waals surface area contributed by atoms with Gasteiger partial charge in [-0.05, 0) is 45.3 Å². The molecule has 1 aliphatic rings. The molecule has 1 heterocycles. The molecule has 6 nitrogen and oxygen atoms in total. The summed E-state index contributed by atoms with van der Waals surface area (Å²) >= 11 is 0.